The lowest BCUT2D eigenvalue weighted by Gasteiger charge is -2.16. The van der Waals surface area contributed by atoms with Gasteiger partial charge in [-0.3, -0.25) is 0 Å². The lowest BCUT2D eigenvalue weighted by atomic mass is 10.1. The molecule has 21 heavy (non-hydrogen) atoms. The molecule has 0 saturated carbocycles. The van der Waals surface area contributed by atoms with Gasteiger partial charge >= 0.3 is 0 Å². The Kier molecular flexibility index (Phi) is 7.87. The Morgan fingerprint density at radius 1 is 1.29 bits per heavy atom. The molecule has 0 unspecified atom stereocenters. The van der Waals surface area contributed by atoms with Crippen molar-refractivity contribution in [3.8, 4) is 11.5 Å². The normalized spacial score (nSPS) is 11.8. The van der Waals surface area contributed by atoms with Crippen LogP contribution in [-0.4, -0.2) is 40.0 Å². The van der Waals surface area contributed by atoms with Gasteiger partial charge in [0.25, 0.3) is 0 Å². The Hall–Kier alpha value is -1.52. The lowest BCUT2D eigenvalue weighted by molar-refractivity contribution is 0.200. The largest absolute Gasteiger partial charge is 0.493 e. The number of benzene rings is 1. The summed E-state index contributed by atoms with van der Waals surface area (Å²) in [6, 6.07) is 5.93. The van der Waals surface area contributed by atoms with Crippen LogP contribution in [0.1, 0.15) is 26.3 Å². The lowest BCUT2D eigenvalue weighted by Crippen LogP contribution is -2.20. The molecule has 4 heteroatoms. The van der Waals surface area contributed by atoms with Gasteiger partial charge in [0.1, 0.15) is 0 Å². The smallest absolute Gasteiger partial charge is 0.168 e. The maximum Gasteiger partial charge on any atom is 0.168 e. The van der Waals surface area contributed by atoms with Gasteiger partial charge in [0.2, 0.25) is 0 Å². The third-order valence-corrected chi connectivity index (χ3v) is 2.87. The van der Waals surface area contributed by atoms with Crippen molar-refractivity contribution in [3.05, 3.63) is 29.3 Å². The van der Waals surface area contributed by atoms with Crippen molar-refractivity contribution in [2.24, 2.45) is 0 Å². The first kappa shape index (κ1) is 17.5. The van der Waals surface area contributed by atoms with Gasteiger partial charge in [0.15, 0.2) is 11.5 Å². The average Bonchev–Trinajstić information content (AvgIpc) is 2.45. The van der Waals surface area contributed by atoms with Crippen LogP contribution in [0.4, 0.5) is 0 Å². The van der Waals surface area contributed by atoms with Crippen molar-refractivity contribution >= 4 is 6.08 Å². The first-order chi connectivity index (χ1) is 10.1. The van der Waals surface area contributed by atoms with Crippen molar-refractivity contribution in [2.45, 2.75) is 26.9 Å². The number of ether oxygens (including phenoxy) is 3. The molecule has 0 amide bonds. The number of hydrogen-bond acceptors (Lipinski definition) is 4. The molecule has 1 rings (SSSR count). The summed E-state index contributed by atoms with van der Waals surface area (Å²) in [5.74, 6) is 1.56. The zero-order chi connectivity index (χ0) is 15.7. The van der Waals surface area contributed by atoms with Crippen LogP contribution in [0.15, 0.2) is 23.8 Å². The molecule has 118 valence electrons. The highest BCUT2D eigenvalue weighted by Crippen LogP contribution is 2.33. The molecular formula is C17H27NO3. The fraction of sp³-hybridized carbons (Fsp3) is 0.529. The maximum atomic E-state index is 5.90. The zero-order valence-corrected chi connectivity index (χ0v) is 13.7. The van der Waals surface area contributed by atoms with Gasteiger partial charge in [-0.1, -0.05) is 23.8 Å². The number of para-hydroxylation sites is 1. The standard InChI is InChI=1S/C17H27NO3/c1-13(2)21-17-15(7-6-8-16(17)20-5)11-14(3)12-18-9-10-19-4/h6-8,11,13,18H,9-10,12H2,1-5H3. The average molecular weight is 293 g/mol. The van der Waals surface area contributed by atoms with Crippen LogP contribution in [-0.2, 0) is 4.74 Å². The minimum atomic E-state index is 0.105. The summed E-state index contributed by atoms with van der Waals surface area (Å²) in [6.45, 7) is 8.50. The summed E-state index contributed by atoms with van der Waals surface area (Å²) in [6.07, 6.45) is 2.23. The number of rotatable bonds is 9. The zero-order valence-electron chi connectivity index (χ0n) is 13.7. The quantitative estimate of drug-likeness (QED) is 0.710. The Morgan fingerprint density at radius 2 is 2.05 bits per heavy atom. The van der Waals surface area contributed by atoms with E-state index in [1.807, 2.05) is 32.0 Å². The highest BCUT2D eigenvalue weighted by atomic mass is 16.5. The molecule has 0 aromatic heterocycles. The van der Waals surface area contributed by atoms with Crippen LogP contribution in [0.2, 0.25) is 0 Å². The monoisotopic (exact) mass is 293 g/mol. The van der Waals surface area contributed by atoms with E-state index in [-0.39, 0.29) is 6.10 Å². The molecule has 1 aromatic rings. The predicted molar refractivity (Wildman–Crippen MR) is 87.2 cm³/mol. The van der Waals surface area contributed by atoms with Crippen molar-refractivity contribution in [1.29, 1.82) is 0 Å². The van der Waals surface area contributed by atoms with Crippen molar-refractivity contribution in [1.82, 2.24) is 5.32 Å². The van der Waals surface area contributed by atoms with Gasteiger partial charge in [0.05, 0.1) is 19.8 Å². The third-order valence-electron chi connectivity index (χ3n) is 2.87. The van der Waals surface area contributed by atoms with E-state index in [1.165, 1.54) is 5.57 Å². The van der Waals surface area contributed by atoms with Crippen LogP contribution in [0.3, 0.4) is 0 Å². The maximum absolute atomic E-state index is 5.90. The van der Waals surface area contributed by atoms with Crippen LogP contribution in [0, 0.1) is 0 Å². The minimum absolute atomic E-state index is 0.105. The van der Waals surface area contributed by atoms with E-state index in [4.69, 9.17) is 14.2 Å². The van der Waals surface area contributed by atoms with Gasteiger partial charge in [-0.05, 0) is 26.8 Å². The molecule has 0 spiro atoms. The second-order valence-electron chi connectivity index (χ2n) is 5.21. The van der Waals surface area contributed by atoms with Crippen LogP contribution < -0.4 is 14.8 Å². The number of methoxy groups -OCH3 is 2. The third kappa shape index (κ3) is 6.19. The summed E-state index contributed by atoms with van der Waals surface area (Å²) < 4.78 is 16.3. The minimum Gasteiger partial charge on any atom is -0.493 e. The number of nitrogens with one attached hydrogen (secondary N) is 1. The highest BCUT2D eigenvalue weighted by Gasteiger charge is 2.10. The van der Waals surface area contributed by atoms with Crippen LogP contribution >= 0.6 is 0 Å². The second kappa shape index (κ2) is 9.42. The molecule has 4 nitrogen and oxygen atoms in total. The Morgan fingerprint density at radius 3 is 2.67 bits per heavy atom. The number of hydrogen-bond donors (Lipinski definition) is 1. The van der Waals surface area contributed by atoms with E-state index < -0.39 is 0 Å². The molecule has 0 saturated heterocycles. The van der Waals surface area contributed by atoms with Gasteiger partial charge < -0.3 is 19.5 Å². The highest BCUT2D eigenvalue weighted by molar-refractivity contribution is 5.64. The predicted octanol–water partition coefficient (Wildman–Crippen LogP) is 3.12. The molecule has 1 aromatic carbocycles. The van der Waals surface area contributed by atoms with Crippen LogP contribution in [0.5, 0.6) is 11.5 Å². The Bertz CT molecular complexity index is 455. The second-order valence-corrected chi connectivity index (χ2v) is 5.21. The van der Waals surface area contributed by atoms with Gasteiger partial charge in [0, 0.05) is 25.8 Å². The van der Waals surface area contributed by atoms with Gasteiger partial charge in [-0.2, -0.15) is 0 Å². The molecule has 0 aliphatic carbocycles. The molecular weight excluding hydrogens is 266 g/mol. The molecule has 0 radical (unpaired) electrons. The van der Waals surface area contributed by atoms with Crippen molar-refractivity contribution < 1.29 is 14.2 Å². The van der Waals surface area contributed by atoms with E-state index in [9.17, 15) is 0 Å². The Balaban J connectivity index is 2.85. The summed E-state index contributed by atoms with van der Waals surface area (Å²) in [7, 11) is 3.37. The first-order valence-corrected chi connectivity index (χ1v) is 7.29. The molecule has 0 atom stereocenters. The molecule has 1 N–H and O–H groups in total. The van der Waals surface area contributed by atoms with Gasteiger partial charge in [-0.15, -0.1) is 0 Å². The van der Waals surface area contributed by atoms with Gasteiger partial charge in [-0.25, -0.2) is 0 Å². The van der Waals surface area contributed by atoms with E-state index in [0.717, 1.165) is 30.2 Å². The van der Waals surface area contributed by atoms with Crippen LogP contribution in [0.25, 0.3) is 6.08 Å². The summed E-state index contributed by atoms with van der Waals surface area (Å²) in [5, 5.41) is 3.33. The topological polar surface area (TPSA) is 39.7 Å². The fourth-order valence-corrected chi connectivity index (χ4v) is 1.95. The summed E-state index contributed by atoms with van der Waals surface area (Å²) >= 11 is 0. The molecule has 0 fully saturated rings. The molecule has 0 aliphatic heterocycles. The first-order valence-electron chi connectivity index (χ1n) is 7.29. The summed E-state index contributed by atoms with van der Waals surface area (Å²) in [4.78, 5) is 0. The summed E-state index contributed by atoms with van der Waals surface area (Å²) in [5.41, 5.74) is 2.27. The fourth-order valence-electron chi connectivity index (χ4n) is 1.95. The molecule has 0 bridgehead atoms. The Labute approximate surface area is 128 Å². The van der Waals surface area contributed by atoms with Crippen molar-refractivity contribution in [2.75, 3.05) is 33.9 Å². The van der Waals surface area contributed by atoms with E-state index in [0.29, 0.717) is 6.61 Å². The van der Waals surface area contributed by atoms with E-state index in [2.05, 4.69) is 18.3 Å². The van der Waals surface area contributed by atoms with Crippen molar-refractivity contribution in [3.63, 3.8) is 0 Å². The SMILES string of the molecule is COCCNCC(C)=Cc1cccc(OC)c1OC(C)C. The van der Waals surface area contributed by atoms with E-state index in [1.54, 1.807) is 14.2 Å². The van der Waals surface area contributed by atoms with E-state index >= 15 is 0 Å². The molecule has 0 heterocycles. The molecule has 0 aliphatic rings.